The van der Waals surface area contributed by atoms with Gasteiger partial charge in [-0.1, -0.05) is 0 Å². The quantitative estimate of drug-likeness (QED) is 0.772. The number of methoxy groups -OCH3 is 1. The van der Waals surface area contributed by atoms with Crippen molar-refractivity contribution in [3.05, 3.63) is 24.3 Å². The number of rotatable bonds is 5. The maximum atomic E-state index is 11.7. The zero-order valence-corrected chi connectivity index (χ0v) is 9.57. The Balaban J connectivity index is 2.69. The van der Waals surface area contributed by atoms with Gasteiger partial charge in [-0.3, -0.25) is 9.00 Å². The van der Waals surface area contributed by atoms with Gasteiger partial charge in [0.25, 0.3) is 0 Å². The van der Waals surface area contributed by atoms with E-state index in [1.807, 2.05) is 0 Å². The number of carbonyl (C=O) groups is 1. The molecule has 0 radical (unpaired) electrons. The number of aliphatic carboxylic acids is 1. The fourth-order valence-corrected chi connectivity index (χ4v) is 2.16. The van der Waals surface area contributed by atoms with E-state index in [-0.39, 0.29) is 5.75 Å². The van der Waals surface area contributed by atoms with Crippen LogP contribution in [0.25, 0.3) is 0 Å². The van der Waals surface area contributed by atoms with Crippen molar-refractivity contribution >= 4 is 16.8 Å². The van der Waals surface area contributed by atoms with Gasteiger partial charge >= 0.3 is 5.97 Å². The monoisotopic (exact) mass is 243 g/mol. The Morgan fingerprint density at radius 2 is 2.06 bits per heavy atom. The third kappa shape index (κ3) is 3.32. The van der Waals surface area contributed by atoms with Gasteiger partial charge in [0.1, 0.15) is 11.8 Å². The summed E-state index contributed by atoms with van der Waals surface area (Å²) in [4.78, 5) is 11.0. The minimum absolute atomic E-state index is 0.0956. The number of benzene rings is 1. The third-order valence-corrected chi connectivity index (χ3v) is 3.43. The molecule has 5 nitrogen and oxygen atoms in total. The van der Waals surface area contributed by atoms with Gasteiger partial charge < -0.3 is 15.6 Å². The van der Waals surface area contributed by atoms with Crippen LogP contribution in [0.5, 0.6) is 5.75 Å². The van der Waals surface area contributed by atoms with Crippen LogP contribution >= 0.6 is 0 Å². The highest BCUT2D eigenvalue weighted by atomic mass is 32.2. The Hall–Kier alpha value is -1.40. The van der Waals surface area contributed by atoms with Gasteiger partial charge in [-0.05, 0) is 24.3 Å². The second-order valence-electron chi connectivity index (χ2n) is 3.13. The first-order valence-corrected chi connectivity index (χ1v) is 5.87. The van der Waals surface area contributed by atoms with Gasteiger partial charge in [0.05, 0.1) is 23.7 Å². The molecule has 0 spiro atoms. The molecule has 0 bridgehead atoms. The van der Waals surface area contributed by atoms with Gasteiger partial charge in [-0.15, -0.1) is 0 Å². The third-order valence-electron chi connectivity index (χ3n) is 1.97. The fourth-order valence-electron chi connectivity index (χ4n) is 1.06. The first-order valence-electron chi connectivity index (χ1n) is 4.55. The summed E-state index contributed by atoms with van der Waals surface area (Å²) < 4.78 is 16.6. The number of hydrogen-bond donors (Lipinski definition) is 2. The normalized spacial score (nSPS) is 14.1. The summed E-state index contributed by atoms with van der Waals surface area (Å²) in [5.74, 6) is -0.591. The van der Waals surface area contributed by atoms with Crippen molar-refractivity contribution in [1.82, 2.24) is 0 Å². The van der Waals surface area contributed by atoms with E-state index in [1.165, 1.54) is 7.11 Å². The molecule has 6 heteroatoms. The molecule has 0 fully saturated rings. The number of ether oxygens (including phenoxy) is 1. The fraction of sp³-hybridized carbons (Fsp3) is 0.300. The Morgan fingerprint density at radius 1 is 1.50 bits per heavy atom. The highest BCUT2D eigenvalue weighted by Gasteiger charge is 2.16. The van der Waals surface area contributed by atoms with E-state index >= 15 is 0 Å². The molecule has 0 heterocycles. The maximum Gasteiger partial charge on any atom is 0.321 e. The average Bonchev–Trinajstić information content (AvgIpc) is 2.28. The van der Waals surface area contributed by atoms with E-state index in [4.69, 9.17) is 15.6 Å². The van der Waals surface area contributed by atoms with Gasteiger partial charge in [0, 0.05) is 4.90 Å². The van der Waals surface area contributed by atoms with Crippen molar-refractivity contribution in [2.75, 3.05) is 12.9 Å². The second kappa shape index (κ2) is 5.62. The molecule has 3 N–H and O–H groups in total. The van der Waals surface area contributed by atoms with Crippen LogP contribution < -0.4 is 10.5 Å². The number of nitrogens with two attached hydrogens (primary N) is 1. The van der Waals surface area contributed by atoms with E-state index in [2.05, 4.69) is 0 Å². The Kier molecular flexibility index (Phi) is 4.45. The number of hydrogen-bond acceptors (Lipinski definition) is 4. The second-order valence-corrected chi connectivity index (χ2v) is 4.63. The first kappa shape index (κ1) is 12.7. The summed E-state index contributed by atoms with van der Waals surface area (Å²) in [6.07, 6.45) is 0. The molecule has 0 aliphatic carbocycles. The Bertz CT molecular complexity index is 390. The number of carboxylic acids is 1. The van der Waals surface area contributed by atoms with Crippen molar-refractivity contribution in [1.29, 1.82) is 0 Å². The minimum Gasteiger partial charge on any atom is -0.497 e. The Labute approximate surface area is 95.7 Å². The highest BCUT2D eigenvalue weighted by Crippen LogP contribution is 2.14. The van der Waals surface area contributed by atoms with Crippen LogP contribution in [0.2, 0.25) is 0 Å². The Morgan fingerprint density at radius 3 is 2.50 bits per heavy atom. The van der Waals surface area contributed by atoms with E-state index < -0.39 is 22.8 Å². The SMILES string of the molecule is COc1ccc(S(=O)CC(N)C(=O)O)cc1. The molecule has 2 unspecified atom stereocenters. The molecule has 0 aromatic heterocycles. The predicted molar refractivity (Wildman–Crippen MR) is 59.9 cm³/mol. The van der Waals surface area contributed by atoms with Crippen molar-refractivity contribution in [3.63, 3.8) is 0 Å². The molecule has 88 valence electrons. The molecule has 1 aromatic rings. The topological polar surface area (TPSA) is 89.6 Å². The van der Waals surface area contributed by atoms with Crippen LogP contribution in [0.4, 0.5) is 0 Å². The van der Waals surface area contributed by atoms with Gasteiger partial charge in [0.15, 0.2) is 0 Å². The van der Waals surface area contributed by atoms with Crippen molar-refractivity contribution in [3.8, 4) is 5.75 Å². The summed E-state index contributed by atoms with van der Waals surface area (Å²) in [7, 11) is 0.128. The molecular formula is C10H13NO4S. The van der Waals surface area contributed by atoms with E-state index in [0.29, 0.717) is 10.6 Å². The lowest BCUT2D eigenvalue weighted by Gasteiger charge is -2.06. The standard InChI is InChI=1S/C10H13NO4S/c1-15-7-2-4-8(5-3-7)16(14)6-9(11)10(12)13/h2-5,9H,6,11H2,1H3,(H,12,13). The first-order chi connectivity index (χ1) is 7.54. The molecule has 1 rings (SSSR count). The van der Waals surface area contributed by atoms with Crippen molar-refractivity contribution in [2.45, 2.75) is 10.9 Å². The molecule has 0 amide bonds. The highest BCUT2D eigenvalue weighted by molar-refractivity contribution is 7.85. The number of carboxylic acid groups (broad SMARTS) is 1. The molecule has 0 saturated heterocycles. The predicted octanol–water partition coefficient (Wildman–Crippen LogP) is 0.215. The summed E-state index contributed by atoms with van der Waals surface area (Å²) >= 11 is 0. The molecule has 2 atom stereocenters. The minimum atomic E-state index is -1.41. The summed E-state index contributed by atoms with van der Waals surface area (Å²) in [6.45, 7) is 0. The zero-order valence-electron chi connectivity index (χ0n) is 8.75. The lowest BCUT2D eigenvalue weighted by atomic mass is 10.3. The largest absolute Gasteiger partial charge is 0.497 e. The van der Waals surface area contributed by atoms with Crippen LogP contribution in [0.15, 0.2) is 29.2 Å². The van der Waals surface area contributed by atoms with Gasteiger partial charge in [-0.2, -0.15) is 0 Å². The summed E-state index contributed by atoms with van der Waals surface area (Å²) in [5, 5.41) is 8.58. The van der Waals surface area contributed by atoms with Crippen LogP contribution in [0.1, 0.15) is 0 Å². The van der Waals surface area contributed by atoms with Crippen molar-refractivity contribution in [2.24, 2.45) is 5.73 Å². The lowest BCUT2D eigenvalue weighted by molar-refractivity contribution is -0.137. The molecule has 1 aromatic carbocycles. The van der Waals surface area contributed by atoms with Gasteiger partial charge in [0.2, 0.25) is 0 Å². The van der Waals surface area contributed by atoms with Crippen molar-refractivity contribution < 1.29 is 18.8 Å². The average molecular weight is 243 g/mol. The van der Waals surface area contributed by atoms with E-state index in [0.717, 1.165) is 0 Å². The van der Waals surface area contributed by atoms with Gasteiger partial charge in [-0.25, -0.2) is 0 Å². The van der Waals surface area contributed by atoms with Crippen LogP contribution in [-0.4, -0.2) is 34.2 Å². The van der Waals surface area contributed by atoms with E-state index in [1.54, 1.807) is 24.3 Å². The maximum absolute atomic E-state index is 11.7. The molecule has 0 aliphatic heterocycles. The summed E-state index contributed by atoms with van der Waals surface area (Å²) in [5.41, 5.74) is 5.29. The summed E-state index contributed by atoms with van der Waals surface area (Å²) in [6, 6.07) is 5.48. The smallest absolute Gasteiger partial charge is 0.321 e. The van der Waals surface area contributed by atoms with Crippen LogP contribution in [0.3, 0.4) is 0 Å². The zero-order chi connectivity index (χ0) is 12.1. The molecule has 16 heavy (non-hydrogen) atoms. The molecule has 0 aliphatic rings. The lowest BCUT2D eigenvalue weighted by Crippen LogP contribution is -2.35. The van der Waals surface area contributed by atoms with Crippen LogP contribution in [0, 0.1) is 0 Å². The molecular weight excluding hydrogens is 230 g/mol. The molecule has 0 saturated carbocycles. The van der Waals surface area contributed by atoms with E-state index in [9.17, 15) is 9.00 Å². The van der Waals surface area contributed by atoms with Crippen LogP contribution in [-0.2, 0) is 15.6 Å².